The van der Waals surface area contributed by atoms with E-state index in [2.05, 4.69) is 0 Å². The maximum atomic E-state index is 13.6. The van der Waals surface area contributed by atoms with Crippen LogP contribution in [0.1, 0.15) is 15.9 Å². The smallest absolute Gasteiger partial charge is 0.366 e. The van der Waals surface area contributed by atoms with Crippen LogP contribution in [-0.4, -0.2) is 5.91 Å². The normalized spacial score (nSPS) is 11.4. The minimum absolute atomic E-state index is 0.0282. The van der Waals surface area contributed by atoms with Crippen molar-refractivity contribution in [2.24, 2.45) is 5.73 Å². The Morgan fingerprint density at radius 3 is 2.25 bits per heavy atom. The van der Waals surface area contributed by atoms with Crippen LogP contribution in [0, 0.1) is 5.82 Å². The third kappa shape index (κ3) is 2.64. The largest absolute Gasteiger partial charge is 0.417 e. The van der Waals surface area contributed by atoms with Gasteiger partial charge >= 0.3 is 6.18 Å². The van der Waals surface area contributed by atoms with Gasteiger partial charge in [-0.05, 0) is 29.3 Å². The number of benzene rings is 2. The summed E-state index contributed by atoms with van der Waals surface area (Å²) in [4.78, 5) is 10.9. The predicted molar refractivity (Wildman–Crippen MR) is 65.4 cm³/mol. The highest BCUT2D eigenvalue weighted by molar-refractivity contribution is 5.93. The first kappa shape index (κ1) is 14.0. The number of carbonyl (C=O) groups is 1. The summed E-state index contributed by atoms with van der Waals surface area (Å²) in [6.07, 6.45) is -4.55. The van der Waals surface area contributed by atoms with Crippen LogP contribution in [0.15, 0.2) is 42.5 Å². The molecule has 0 radical (unpaired) electrons. The first-order valence-electron chi connectivity index (χ1n) is 5.56. The first-order chi connectivity index (χ1) is 9.30. The molecule has 2 rings (SSSR count). The molecule has 2 aromatic rings. The Balaban J connectivity index is 2.59. The van der Waals surface area contributed by atoms with Gasteiger partial charge in [0.05, 0.1) is 11.1 Å². The molecule has 1 amide bonds. The fraction of sp³-hybridized carbons (Fsp3) is 0.0714. The molecule has 0 unspecified atom stereocenters. The summed E-state index contributed by atoms with van der Waals surface area (Å²) in [6, 6.07) is 7.99. The average Bonchev–Trinajstić information content (AvgIpc) is 2.37. The Hall–Kier alpha value is -2.37. The highest BCUT2D eigenvalue weighted by atomic mass is 19.4. The number of amides is 1. The highest BCUT2D eigenvalue weighted by Crippen LogP contribution is 2.37. The molecule has 104 valence electrons. The van der Waals surface area contributed by atoms with Gasteiger partial charge < -0.3 is 5.73 Å². The van der Waals surface area contributed by atoms with Gasteiger partial charge in [0.25, 0.3) is 5.91 Å². The molecule has 0 aromatic heterocycles. The Bertz CT molecular complexity index is 664. The van der Waals surface area contributed by atoms with E-state index in [1.807, 2.05) is 0 Å². The van der Waals surface area contributed by atoms with Crippen molar-refractivity contribution in [3.63, 3.8) is 0 Å². The van der Waals surface area contributed by atoms with Gasteiger partial charge in [0.2, 0.25) is 0 Å². The molecule has 2 aromatic carbocycles. The number of carbonyl (C=O) groups excluding carboxylic acids is 1. The van der Waals surface area contributed by atoms with Crippen molar-refractivity contribution >= 4 is 5.91 Å². The Morgan fingerprint density at radius 2 is 1.70 bits per heavy atom. The lowest BCUT2D eigenvalue weighted by Crippen LogP contribution is -2.13. The van der Waals surface area contributed by atoms with Gasteiger partial charge in [-0.15, -0.1) is 0 Å². The molecule has 6 heteroatoms. The molecule has 0 fully saturated rings. The van der Waals surface area contributed by atoms with Crippen LogP contribution in [-0.2, 0) is 6.18 Å². The van der Waals surface area contributed by atoms with Crippen LogP contribution in [0.25, 0.3) is 11.1 Å². The lowest BCUT2D eigenvalue weighted by molar-refractivity contribution is -0.137. The third-order valence-electron chi connectivity index (χ3n) is 2.78. The second-order valence-electron chi connectivity index (χ2n) is 4.10. The van der Waals surface area contributed by atoms with Gasteiger partial charge in [-0.25, -0.2) is 4.39 Å². The topological polar surface area (TPSA) is 43.1 Å². The van der Waals surface area contributed by atoms with E-state index >= 15 is 0 Å². The van der Waals surface area contributed by atoms with E-state index in [4.69, 9.17) is 5.73 Å². The summed E-state index contributed by atoms with van der Waals surface area (Å²) in [6.45, 7) is 0. The standard InChI is InChI=1S/C14H9F4NO/c15-12-7-8(5-6-10(12)13(19)20)9-3-1-2-4-11(9)14(16,17)18/h1-7H,(H2,19,20). The van der Waals surface area contributed by atoms with Gasteiger partial charge in [-0.3, -0.25) is 4.79 Å². The summed E-state index contributed by atoms with van der Waals surface area (Å²) in [5, 5.41) is 0. The maximum Gasteiger partial charge on any atom is 0.417 e. The van der Waals surface area contributed by atoms with E-state index in [1.165, 1.54) is 24.3 Å². The molecule has 2 N–H and O–H groups in total. The second kappa shape index (κ2) is 4.96. The minimum atomic E-state index is -4.55. The molecule has 20 heavy (non-hydrogen) atoms. The van der Waals surface area contributed by atoms with Gasteiger partial charge in [-0.1, -0.05) is 24.3 Å². The number of nitrogens with two attached hydrogens (primary N) is 1. The van der Waals surface area contributed by atoms with Crippen LogP contribution >= 0.6 is 0 Å². The van der Waals surface area contributed by atoms with E-state index in [1.54, 1.807) is 0 Å². The number of halogens is 4. The molecule has 2 nitrogen and oxygen atoms in total. The maximum absolute atomic E-state index is 13.6. The fourth-order valence-corrected chi connectivity index (χ4v) is 1.86. The Labute approximate surface area is 111 Å². The van der Waals surface area contributed by atoms with Crippen LogP contribution in [0.3, 0.4) is 0 Å². The monoisotopic (exact) mass is 283 g/mol. The zero-order valence-corrected chi connectivity index (χ0v) is 10.0. The van der Waals surface area contributed by atoms with Crippen molar-refractivity contribution in [1.29, 1.82) is 0 Å². The van der Waals surface area contributed by atoms with Crippen molar-refractivity contribution in [1.82, 2.24) is 0 Å². The van der Waals surface area contributed by atoms with Gasteiger partial charge in [0.15, 0.2) is 0 Å². The highest BCUT2D eigenvalue weighted by Gasteiger charge is 2.33. The Morgan fingerprint density at radius 1 is 1.05 bits per heavy atom. The third-order valence-corrected chi connectivity index (χ3v) is 2.78. The van der Waals surface area contributed by atoms with Gasteiger partial charge in [0.1, 0.15) is 5.82 Å². The SMILES string of the molecule is NC(=O)c1ccc(-c2ccccc2C(F)(F)F)cc1F. The van der Waals surface area contributed by atoms with Crippen molar-refractivity contribution in [2.75, 3.05) is 0 Å². The summed E-state index contributed by atoms with van der Waals surface area (Å²) >= 11 is 0. The summed E-state index contributed by atoms with van der Waals surface area (Å²) in [7, 11) is 0. The summed E-state index contributed by atoms with van der Waals surface area (Å²) in [5.41, 5.74) is 3.58. The van der Waals surface area contributed by atoms with E-state index in [0.29, 0.717) is 0 Å². The molecule has 0 atom stereocenters. The molecule has 0 spiro atoms. The van der Waals surface area contributed by atoms with E-state index in [0.717, 1.165) is 18.2 Å². The van der Waals surface area contributed by atoms with Crippen LogP contribution in [0.2, 0.25) is 0 Å². The molecular weight excluding hydrogens is 274 g/mol. The number of rotatable bonds is 2. The van der Waals surface area contributed by atoms with Crippen LogP contribution < -0.4 is 5.73 Å². The zero-order chi connectivity index (χ0) is 14.9. The molecule has 0 aliphatic rings. The minimum Gasteiger partial charge on any atom is -0.366 e. The fourth-order valence-electron chi connectivity index (χ4n) is 1.86. The first-order valence-corrected chi connectivity index (χ1v) is 5.56. The number of hydrogen-bond donors (Lipinski definition) is 1. The van der Waals surface area contributed by atoms with E-state index in [-0.39, 0.29) is 16.7 Å². The summed E-state index contributed by atoms with van der Waals surface area (Å²) in [5.74, 6) is -1.93. The number of primary amides is 1. The molecular formula is C14H9F4NO. The van der Waals surface area contributed by atoms with Crippen molar-refractivity contribution in [3.05, 3.63) is 59.4 Å². The van der Waals surface area contributed by atoms with Crippen molar-refractivity contribution in [3.8, 4) is 11.1 Å². The second-order valence-corrected chi connectivity index (χ2v) is 4.10. The molecule has 0 saturated heterocycles. The Kier molecular flexibility index (Phi) is 3.48. The number of alkyl halides is 3. The molecule has 0 bridgehead atoms. The van der Waals surface area contributed by atoms with Crippen LogP contribution in [0.4, 0.5) is 17.6 Å². The molecule has 0 heterocycles. The molecule has 0 aliphatic heterocycles. The quantitative estimate of drug-likeness (QED) is 0.841. The lowest BCUT2D eigenvalue weighted by atomic mass is 9.98. The van der Waals surface area contributed by atoms with Crippen molar-refractivity contribution in [2.45, 2.75) is 6.18 Å². The average molecular weight is 283 g/mol. The molecule has 0 saturated carbocycles. The van der Waals surface area contributed by atoms with Crippen LogP contribution in [0.5, 0.6) is 0 Å². The molecule has 0 aliphatic carbocycles. The predicted octanol–water partition coefficient (Wildman–Crippen LogP) is 3.61. The van der Waals surface area contributed by atoms with E-state index < -0.39 is 23.5 Å². The zero-order valence-electron chi connectivity index (χ0n) is 10.0. The lowest BCUT2D eigenvalue weighted by Gasteiger charge is -2.13. The van der Waals surface area contributed by atoms with Gasteiger partial charge in [-0.2, -0.15) is 13.2 Å². The van der Waals surface area contributed by atoms with Gasteiger partial charge in [0, 0.05) is 0 Å². The van der Waals surface area contributed by atoms with E-state index in [9.17, 15) is 22.4 Å². The van der Waals surface area contributed by atoms with Crippen molar-refractivity contribution < 1.29 is 22.4 Å². The number of hydrogen-bond acceptors (Lipinski definition) is 1. The summed E-state index contributed by atoms with van der Waals surface area (Å²) < 4.78 is 52.3.